The van der Waals surface area contributed by atoms with Crippen molar-refractivity contribution in [3.63, 3.8) is 0 Å². The molecule has 0 saturated heterocycles. The van der Waals surface area contributed by atoms with Crippen LogP contribution in [-0.2, 0) is 0 Å². The molecule has 78 valence electrons. The molecule has 0 radical (unpaired) electrons. The van der Waals surface area contributed by atoms with E-state index < -0.39 is 0 Å². The predicted molar refractivity (Wildman–Crippen MR) is 56.7 cm³/mol. The highest BCUT2D eigenvalue weighted by molar-refractivity contribution is 6.29. The molecular weight excluding hydrogens is 200 g/mol. The highest BCUT2D eigenvalue weighted by Gasteiger charge is 2.01. The summed E-state index contributed by atoms with van der Waals surface area (Å²) in [7, 11) is 0. The van der Waals surface area contributed by atoms with Gasteiger partial charge in [0.2, 0.25) is 5.88 Å². The highest BCUT2D eigenvalue weighted by Crippen LogP contribution is 2.13. The zero-order valence-electron chi connectivity index (χ0n) is 8.75. The number of aryl methyl sites for hydroxylation is 1. The Hall–Kier alpha value is -0.830. The van der Waals surface area contributed by atoms with Gasteiger partial charge in [-0.25, -0.2) is 4.98 Å². The lowest BCUT2D eigenvalue weighted by molar-refractivity contribution is 0.278. The van der Waals surface area contributed by atoms with Gasteiger partial charge in [-0.05, 0) is 19.3 Å². The topological polar surface area (TPSA) is 35.0 Å². The van der Waals surface area contributed by atoms with Gasteiger partial charge in [0.15, 0.2) is 0 Å². The third-order valence-electron chi connectivity index (χ3n) is 1.73. The molecular formula is C10H15ClN2O. The third-order valence-corrected chi connectivity index (χ3v) is 1.92. The van der Waals surface area contributed by atoms with Crippen molar-refractivity contribution in [2.75, 3.05) is 6.61 Å². The number of aromatic nitrogens is 2. The molecule has 4 heteroatoms. The maximum atomic E-state index is 5.76. The minimum absolute atomic E-state index is 0.428. The molecule has 0 aromatic carbocycles. The van der Waals surface area contributed by atoms with E-state index in [0.29, 0.717) is 29.4 Å². The fourth-order valence-corrected chi connectivity index (χ4v) is 1.19. The number of halogens is 1. The first-order valence-corrected chi connectivity index (χ1v) is 5.09. The summed E-state index contributed by atoms with van der Waals surface area (Å²) in [4.78, 5) is 8.06. The first-order valence-electron chi connectivity index (χ1n) is 4.72. The maximum absolute atomic E-state index is 5.76. The van der Waals surface area contributed by atoms with E-state index in [1.54, 1.807) is 13.0 Å². The van der Waals surface area contributed by atoms with Crippen molar-refractivity contribution >= 4 is 11.6 Å². The van der Waals surface area contributed by atoms with E-state index >= 15 is 0 Å². The van der Waals surface area contributed by atoms with E-state index in [0.717, 1.165) is 6.42 Å². The third kappa shape index (κ3) is 3.92. The number of nitrogens with zero attached hydrogens (tertiary/aromatic N) is 2. The van der Waals surface area contributed by atoms with E-state index in [2.05, 4.69) is 23.8 Å². The Labute approximate surface area is 89.5 Å². The molecule has 0 aliphatic carbocycles. The maximum Gasteiger partial charge on any atom is 0.218 e. The first kappa shape index (κ1) is 11.2. The second kappa shape index (κ2) is 5.15. The normalized spacial score (nSPS) is 10.6. The fraction of sp³-hybridized carbons (Fsp3) is 0.600. The van der Waals surface area contributed by atoms with Gasteiger partial charge >= 0.3 is 0 Å². The summed E-state index contributed by atoms with van der Waals surface area (Å²) in [6.07, 6.45) is 1.01. The fourth-order valence-electron chi connectivity index (χ4n) is 0.979. The average molecular weight is 215 g/mol. The van der Waals surface area contributed by atoms with Gasteiger partial charge in [-0.1, -0.05) is 25.4 Å². The van der Waals surface area contributed by atoms with Crippen molar-refractivity contribution in [2.45, 2.75) is 27.2 Å². The summed E-state index contributed by atoms with van der Waals surface area (Å²) in [5.41, 5.74) is 0. The van der Waals surface area contributed by atoms with Gasteiger partial charge in [-0.15, -0.1) is 0 Å². The van der Waals surface area contributed by atoms with Crippen LogP contribution in [0.1, 0.15) is 26.1 Å². The van der Waals surface area contributed by atoms with Gasteiger partial charge in [0, 0.05) is 6.07 Å². The summed E-state index contributed by atoms with van der Waals surface area (Å²) >= 11 is 5.76. The van der Waals surface area contributed by atoms with Gasteiger partial charge in [0.05, 0.1) is 6.61 Å². The molecule has 0 aliphatic heterocycles. The lowest BCUT2D eigenvalue weighted by Gasteiger charge is -2.07. The summed E-state index contributed by atoms with van der Waals surface area (Å²) in [5.74, 6) is 1.83. The van der Waals surface area contributed by atoms with Gasteiger partial charge in [0.1, 0.15) is 11.0 Å². The summed E-state index contributed by atoms with van der Waals surface area (Å²) < 4.78 is 5.44. The van der Waals surface area contributed by atoms with Crippen LogP contribution in [-0.4, -0.2) is 16.6 Å². The molecule has 3 nitrogen and oxygen atoms in total. The van der Waals surface area contributed by atoms with Gasteiger partial charge in [-0.2, -0.15) is 4.98 Å². The van der Waals surface area contributed by atoms with E-state index in [-0.39, 0.29) is 0 Å². The lowest BCUT2D eigenvalue weighted by atomic mass is 10.1. The van der Waals surface area contributed by atoms with Crippen LogP contribution in [0.2, 0.25) is 5.15 Å². The molecule has 14 heavy (non-hydrogen) atoms. The van der Waals surface area contributed by atoms with Crippen molar-refractivity contribution < 1.29 is 4.74 Å². The van der Waals surface area contributed by atoms with E-state index in [9.17, 15) is 0 Å². The quantitative estimate of drug-likeness (QED) is 0.723. The highest BCUT2D eigenvalue weighted by atomic mass is 35.5. The average Bonchev–Trinajstić information content (AvgIpc) is 2.01. The van der Waals surface area contributed by atoms with E-state index in [4.69, 9.17) is 16.3 Å². The van der Waals surface area contributed by atoms with Gasteiger partial charge < -0.3 is 4.74 Å². The van der Waals surface area contributed by atoms with Crippen molar-refractivity contribution in [1.82, 2.24) is 9.97 Å². The summed E-state index contributed by atoms with van der Waals surface area (Å²) in [6.45, 7) is 6.77. The molecule has 1 heterocycles. The number of rotatable bonds is 4. The predicted octanol–water partition coefficient (Wildman–Crippen LogP) is 2.86. The first-order chi connectivity index (χ1) is 6.58. The Bertz CT molecular complexity index is 282. The molecule has 1 aromatic rings. The van der Waals surface area contributed by atoms with Crippen LogP contribution in [0.15, 0.2) is 6.07 Å². The van der Waals surface area contributed by atoms with Crippen LogP contribution in [0.25, 0.3) is 0 Å². The number of ether oxygens (including phenoxy) is 1. The molecule has 0 fully saturated rings. The smallest absolute Gasteiger partial charge is 0.218 e. The molecule has 1 rings (SSSR count). The molecule has 1 aromatic heterocycles. The zero-order chi connectivity index (χ0) is 10.6. The summed E-state index contributed by atoms with van der Waals surface area (Å²) in [5, 5.41) is 0.428. The monoisotopic (exact) mass is 214 g/mol. The van der Waals surface area contributed by atoms with Crippen LogP contribution >= 0.6 is 11.6 Å². The molecule has 0 bridgehead atoms. The Morgan fingerprint density at radius 3 is 2.71 bits per heavy atom. The Balaban J connectivity index is 2.50. The van der Waals surface area contributed by atoms with Crippen molar-refractivity contribution in [3.05, 3.63) is 17.0 Å². The van der Waals surface area contributed by atoms with Crippen LogP contribution in [0.5, 0.6) is 5.88 Å². The van der Waals surface area contributed by atoms with Crippen LogP contribution < -0.4 is 4.74 Å². The molecule has 0 aliphatic rings. The minimum atomic E-state index is 0.428. The van der Waals surface area contributed by atoms with Crippen LogP contribution in [0.4, 0.5) is 0 Å². The molecule has 0 unspecified atom stereocenters. The summed E-state index contributed by atoms with van der Waals surface area (Å²) in [6, 6.07) is 1.63. The molecule has 0 spiro atoms. The molecule has 0 atom stereocenters. The Morgan fingerprint density at radius 1 is 1.43 bits per heavy atom. The molecule has 0 saturated carbocycles. The lowest BCUT2D eigenvalue weighted by Crippen LogP contribution is -2.03. The second-order valence-corrected chi connectivity index (χ2v) is 3.99. The molecule has 0 amide bonds. The Morgan fingerprint density at radius 2 is 2.14 bits per heavy atom. The van der Waals surface area contributed by atoms with E-state index in [1.165, 1.54) is 0 Å². The second-order valence-electron chi connectivity index (χ2n) is 3.61. The van der Waals surface area contributed by atoms with Crippen LogP contribution in [0.3, 0.4) is 0 Å². The SMILES string of the molecule is Cc1nc(Cl)cc(OCCC(C)C)n1. The van der Waals surface area contributed by atoms with Crippen molar-refractivity contribution in [1.29, 1.82) is 0 Å². The number of hydrogen-bond acceptors (Lipinski definition) is 3. The number of hydrogen-bond donors (Lipinski definition) is 0. The van der Waals surface area contributed by atoms with Crippen LogP contribution in [0, 0.1) is 12.8 Å². The largest absolute Gasteiger partial charge is 0.478 e. The van der Waals surface area contributed by atoms with Crippen molar-refractivity contribution in [3.8, 4) is 5.88 Å². The van der Waals surface area contributed by atoms with Crippen molar-refractivity contribution in [2.24, 2.45) is 5.92 Å². The van der Waals surface area contributed by atoms with Gasteiger partial charge in [-0.3, -0.25) is 0 Å². The molecule has 0 N–H and O–H groups in total. The minimum Gasteiger partial charge on any atom is -0.478 e. The van der Waals surface area contributed by atoms with Gasteiger partial charge in [0.25, 0.3) is 0 Å². The zero-order valence-corrected chi connectivity index (χ0v) is 9.51. The van der Waals surface area contributed by atoms with E-state index in [1.807, 2.05) is 0 Å². The Kier molecular flexibility index (Phi) is 4.14. The standard InChI is InChI=1S/C10H15ClN2O/c1-7(2)4-5-14-10-6-9(11)12-8(3)13-10/h6-7H,4-5H2,1-3H3.